The summed E-state index contributed by atoms with van der Waals surface area (Å²) >= 11 is 0. The van der Waals surface area contributed by atoms with Crippen LogP contribution in [0.25, 0.3) is 0 Å². The second-order valence-corrected chi connectivity index (χ2v) is 8.26. The molecule has 4 rings (SSSR count). The summed E-state index contributed by atoms with van der Waals surface area (Å²) in [7, 11) is 2.16. The van der Waals surface area contributed by atoms with Crippen LogP contribution in [0.4, 0.5) is 0 Å². The SMILES string of the molecule is COC(=O)C1(C(=O)OC)C2=C(C(=O)c3ccccc3C2=O)C(OC(C)=O)c2cc(C)cc(C)c21. The predicted molar refractivity (Wildman–Crippen MR) is 118 cm³/mol. The Bertz CT molecular complexity index is 1310. The van der Waals surface area contributed by atoms with Crippen molar-refractivity contribution in [2.45, 2.75) is 32.3 Å². The van der Waals surface area contributed by atoms with Crippen LogP contribution >= 0.6 is 0 Å². The average Bonchev–Trinajstić information content (AvgIpc) is 2.81. The van der Waals surface area contributed by atoms with Gasteiger partial charge in [-0.25, -0.2) is 0 Å². The molecule has 34 heavy (non-hydrogen) atoms. The van der Waals surface area contributed by atoms with Gasteiger partial charge in [0.05, 0.1) is 19.8 Å². The maximum Gasteiger partial charge on any atom is 0.332 e. The number of hydrogen-bond acceptors (Lipinski definition) is 8. The summed E-state index contributed by atoms with van der Waals surface area (Å²) in [6.45, 7) is 4.61. The van der Waals surface area contributed by atoms with Gasteiger partial charge >= 0.3 is 17.9 Å². The van der Waals surface area contributed by atoms with Crippen molar-refractivity contribution < 1.29 is 38.2 Å². The van der Waals surface area contributed by atoms with E-state index in [1.165, 1.54) is 19.1 Å². The predicted octanol–water partition coefficient (Wildman–Crippen LogP) is 2.88. The quantitative estimate of drug-likeness (QED) is 0.389. The van der Waals surface area contributed by atoms with Gasteiger partial charge in [-0.05, 0) is 25.0 Å². The molecule has 1 unspecified atom stereocenters. The minimum atomic E-state index is -2.39. The normalized spacial score (nSPS) is 17.9. The fourth-order valence-corrected chi connectivity index (χ4v) is 5.10. The lowest BCUT2D eigenvalue weighted by atomic mass is 9.59. The minimum absolute atomic E-state index is 0.0261. The van der Waals surface area contributed by atoms with E-state index in [4.69, 9.17) is 14.2 Å². The molecule has 0 saturated carbocycles. The number of Topliss-reactive ketones (excluding diaryl/α,β-unsaturated/α-hetero) is 2. The van der Waals surface area contributed by atoms with Crippen LogP contribution in [0, 0.1) is 13.8 Å². The van der Waals surface area contributed by atoms with Crippen molar-refractivity contribution in [2.24, 2.45) is 0 Å². The van der Waals surface area contributed by atoms with E-state index in [9.17, 15) is 24.0 Å². The maximum absolute atomic E-state index is 13.9. The van der Waals surface area contributed by atoms with Crippen LogP contribution in [-0.4, -0.2) is 43.7 Å². The molecule has 2 aromatic carbocycles. The molecule has 0 radical (unpaired) electrons. The van der Waals surface area contributed by atoms with Crippen LogP contribution in [0.5, 0.6) is 0 Å². The van der Waals surface area contributed by atoms with Crippen LogP contribution < -0.4 is 0 Å². The highest BCUT2D eigenvalue weighted by Crippen LogP contribution is 2.53. The summed E-state index contributed by atoms with van der Waals surface area (Å²) < 4.78 is 15.7. The number of rotatable bonds is 3. The standard InChI is InChI=1S/C26H22O8/c1-12-10-13(2)19-17(11-12)23(34-14(3)27)18-20(26(19,24(30)32-4)25(31)33-5)22(29)16-9-7-6-8-15(16)21(18)28/h6-11,23H,1-5H3. The summed E-state index contributed by atoms with van der Waals surface area (Å²) in [5, 5.41) is 0. The van der Waals surface area contributed by atoms with Gasteiger partial charge in [0, 0.05) is 29.2 Å². The van der Waals surface area contributed by atoms with Crippen molar-refractivity contribution in [3.63, 3.8) is 0 Å². The van der Waals surface area contributed by atoms with Crippen molar-refractivity contribution in [3.05, 3.63) is 80.9 Å². The smallest absolute Gasteiger partial charge is 0.332 e. The third kappa shape index (κ3) is 2.95. The highest BCUT2D eigenvalue weighted by atomic mass is 16.6. The Balaban J connectivity index is 2.26. The first-order valence-corrected chi connectivity index (χ1v) is 10.5. The fourth-order valence-electron chi connectivity index (χ4n) is 5.10. The highest BCUT2D eigenvalue weighted by Gasteiger charge is 2.63. The fraction of sp³-hybridized carbons (Fsp3) is 0.269. The van der Waals surface area contributed by atoms with Gasteiger partial charge in [0.25, 0.3) is 0 Å². The summed E-state index contributed by atoms with van der Waals surface area (Å²) in [4.78, 5) is 66.8. The third-order valence-electron chi connectivity index (χ3n) is 6.23. The lowest BCUT2D eigenvalue weighted by Gasteiger charge is -2.42. The van der Waals surface area contributed by atoms with E-state index < -0.39 is 46.6 Å². The van der Waals surface area contributed by atoms with Crippen molar-refractivity contribution in [1.29, 1.82) is 0 Å². The van der Waals surface area contributed by atoms with Gasteiger partial charge in [-0.2, -0.15) is 0 Å². The Morgan fingerprint density at radius 2 is 1.44 bits per heavy atom. The number of ether oxygens (including phenoxy) is 3. The van der Waals surface area contributed by atoms with Crippen molar-refractivity contribution in [3.8, 4) is 0 Å². The molecule has 1 atom stereocenters. The topological polar surface area (TPSA) is 113 Å². The summed E-state index contributed by atoms with van der Waals surface area (Å²) in [6.07, 6.45) is -1.31. The number of esters is 3. The number of fused-ring (bicyclic) bond motifs is 2. The number of benzene rings is 2. The highest BCUT2D eigenvalue weighted by molar-refractivity contribution is 6.33. The number of carbonyl (C=O) groups is 5. The van der Waals surface area contributed by atoms with Crippen LogP contribution in [0.15, 0.2) is 47.5 Å². The lowest BCUT2D eigenvalue weighted by Crippen LogP contribution is -2.54. The Morgan fingerprint density at radius 1 is 0.882 bits per heavy atom. The molecule has 8 nitrogen and oxygen atoms in total. The van der Waals surface area contributed by atoms with E-state index in [0.29, 0.717) is 5.56 Å². The van der Waals surface area contributed by atoms with Gasteiger partial charge < -0.3 is 14.2 Å². The van der Waals surface area contributed by atoms with Gasteiger partial charge in [-0.3, -0.25) is 24.0 Å². The van der Waals surface area contributed by atoms with Crippen molar-refractivity contribution in [1.82, 2.24) is 0 Å². The molecule has 174 valence electrons. The Morgan fingerprint density at radius 3 is 1.97 bits per heavy atom. The van der Waals surface area contributed by atoms with Gasteiger partial charge in [0.2, 0.25) is 5.41 Å². The molecule has 0 spiro atoms. The zero-order chi connectivity index (χ0) is 24.9. The van der Waals surface area contributed by atoms with Gasteiger partial charge in [0.1, 0.15) is 0 Å². The summed E-state index contributed by atoms with van der Waals surface area (Å²) in [6, 6.07) is 9.42. The monoisotopic (exact) mass is 462 g/mol. The molecule has 2 aliphatic carbocycles. The Kier molecular flexibility index (Phi) is 5.47. The van der Waals surface area contributed by atoms with Crippen LogP contribution in [0.3, 0.4) is 0 Å². The molecule has 0 amide bonds. The second-order valence-electron chi connectivity index (χ2n) is 8.26. The zero-order valence-corrected chi connectivity index (χ0v) is 19.3. The molecule has 2 aromatic rings. The number of methoxy groups -OCH3 is 2. The van der Waals surface area contributed by atoms with Crippen LogP contribution in [0.1, 0.15) is 56.0 Å². The van der Waals surface area contributed by atoms with E-state index in [2.05, 4.69) is 0 Å². The molecule has 0 N–H and O–H groups in total. The first-order chi connectivity index (χ1) is 16.1. The van der Waals surface area contributed by atoms with E-state index in [1.54, 1.807) is 38.1 Å². The van der Waals surface area contributed by atoms with Crippen molar-refractivity contribution >= 4 is 29.5 Å². The van der Waals surface area contributed by atoms with Gasteiger partial charge in [0.15, 0.2) is 17.7 Å². The number of aryl methyl sites for hydroxylation is 2. The lowest BCUT2D eigenvalue weighted by molar-refractivity contribution is -0.159. The van der Waals surface area contributed by atoms with E-state index in [-0.39, 0.29) is 27.8 Å². The van der Waals surface area contributed by atoms with E-state index >= 15 is 0 Å². The molecular weight excluding hydrogens is 440 g/mol. The molecule has 2 aliphatic rings. The largest absolute Gasteiger partial charge is 0.468 e. The first kappa shape index (κ1) is 23.1. The summed E-state index contributed by atoms with van der Waals surface area (Å²) in [5.74, 6) is -4.21. The molecule has 0 saturated heterocycles. The molecular formula is C26H22O8. The van der Waals surface area contributed by atoms with Crippen molar-refractivity contribution in [2.75, 3.05) is 14.2 Å². The van der Waals surface area contributed by atoms with E-state index in [0.717, 1.165) is 19.8 Å². The van der Waals surface area contributed by atoms with Crippen LogP contribution in [0.2, 0.25) is 0 Å². The van der Waals surface area contributed by atoms with Gasteiger partial charge in [-0.1, -0.05) is 42.0 Å². The van der Waals surface area contributed by atoms with Crippen LogP contribution in [-0.2, 0) is 34.0 Å². The molecule has 0 bridgehead atoms. The van der Waals surface area contributed by atoms with E-state index in [1.807, 2.05) is 0 Å². The number of ketones is 2. The van der Waals surface area contributed by atoms with Gasteiger partial charge in [-0.15, -0.1) is 0 Å². The molecule has 0 fully saturated rings. The Labute approximate surface area is 195 Å². The molecule has 8 heteroatoms. The molecule has 0 aliphatic heterocycles. The minimum Gasteiger partial charge on any atom is -0.468 e. The third-order valence-corrected chi connectivity index (χ3v) is 6.23. The second kappa shape index (κ2) is 8.06. The molecule has 0 heterocycles. The maximum atomic E-state index is 13.9. The summed E-state index contributed by atoms with van der Waals surface area (Å²) in [5.41, 5.74) is -1.41. The number of carbonyl (C=O) groups excluding carboxylic acids is 5. The molecule has 0 aromatic heterocycles. The number of hydrogen-bond donors (Lipinski definition) is 0. The Hall–Kier alpha value is -4.07. The first-order valence-electron chi connectivity index (χ1n) is 10.5. The zero-order valence-electron chi connectivity index (χ0n) is 19.3. The average molecular weight is 462 g/mol.